The molecule has 0 fully saturated rings. The summed E-state index contributed by atoms with van der Waals surface area (Å²) >= 11 is 7.13. The summed E-state index contributed by atoms with van der Waals surface area (Å²) < 4.78 is 0.935. The fourth-order valence-corrected chi connectivity index (χ4v) is 4.16. The van der Waals surface area contributed by atoms with Gasteiger partial charge in [0.2, 0.25) is 0 Å². The molecule has 2 nitrogen and oxygen atoms in total. The quantitative estimate of drug-likeness (QED) is 0.450. The van der Waals surface area contributed by atoms with Gasteiger partial charge in [-0.3, -0.25) is 0 Å². The van der Waals surface area contributed by atoms with Crippen molar-refractivity contribution in [3.63, 3.8) is 0 Å². The number of rotatable bonds is 1. The smallest absolute Gasteiger partial charge is 0.124 e. The molecule has 0 bridgehead atoms. The van der Waals surface area contributed by atoms with Crippen LogP contribution >= 0.6 is 31.9 Å². The van der Waals surface area contributed by atoms with Crippen molar-refractivity contribution in [3.05, 3.63) is 64.1 Å². The number of hydrogen-bond acceptors (Lipinski definition) is 2. The normalized spacial score (nSPS) is 16.3. The molecule has 4 heteroatoms. The Morgan fingerprint density at radius 1 is 0.917 bits per heavy atom. The minimum atomic E-state index is 0.171. The van der Waals surface area contributed by atoms with Gasteiger partial charge in [0.25, 0.3) is 0 Å². The van der Waals surface area contributed by atoms with Gasteiger partial charge in [0.1, 0.15) is 11.5 Å². The van der Waals surface area contributed by atoms with E-state index in [1.807, 2.05) is 30.3 Å². The number of halogens is 2. The Morgan fingerprint density at radius 2 is 1.62 bits per heavy atom. The van der Waals surface area contributed by atoms with Crippen LogP contribution in [0.3, 0.4) is 0 Å². The third kappa shape index (κ3) is 2.54. The van der Waals surface area contributed by atoms with Crippen LogP contribution in [0.1, 0.15) is 11.1 Å². The monoisotopic (exact) mass is 444 g/mol. The second-order valence-electron chi connectivity index (χ2n) is 5.93. The summed E-state index contributed by atoms with van der Waals surface area (Å²) in [5, 5.41) is 23.1. The Bertz CT molecular complexity index is 987. The summed E-state index contributed by atoms with van der Waals surface area (Å²) in [5.74, 6) is 0.358. The lowest BCUT2D eigenvalue weighted by Crippen LogP contribution is -2.07. The van der Waals surface area contributed by atoms with Gasteiger partial charge in [-0.05, 0) is 52.6 Å². The highest BCUT2D eigenvalue weighted by molar-refractivity contribution is 9.10. The van der Waals surface area contributed by atoms with Gasteiger partial charge in [-0.1, -0.05) is 62.2 Å². The van der Waals surface area contributed by atoms with Crippen molar-refractivity contribution in [2.45, 2.75) is 11.2 Å². The number of phenolic OH excluding ortho intramolecular Hbond substituents is 2. The molecular formula is C20H14Br2O2. The van der Waals surface area contributed by atoms with Crippen molar-refractivity contribution in [1.29, 1.82) is 0 Å². The zero-order valence-corrected chi connectivity index (χ0v) is 15.8. The average Bonchev–Trinajstić information content (AvgIpc) is 2.56. The molecule has 0 amide bonds. The Labute approximate surface area is 156 Å². The lowest BCUT2D eigenvalue weighted by atomic mass is 9.86. The maximum Gasteiger partial charge on any atom is 0.124 e. The number of alkyl halides is 1. The van der Waals surface area contributed by atoms with E-state index in [0.29, 0.717) is 11.1 Å². The third-order valence-corrected chi connectivity index (χ3v) is 5.54. The Morgan fingerprint density at radius 3 is 2.46 bits per heavy atom. The molecule has 2 N–H and O–H groups in total. The first kappa shape index (κ1) is 15.7. The van der Waals surface area contributed by atoms with E-state index in [2.05, 4.69) is 44.0 Å². The summed E-state index contributed by atoms with van der Waals surface area (Å²) in [5.41, 5.74) is 3.51. The third-order valence-electron chi connectivity index (χ3n) is 4.42. The molecule has 0 aromatic heterocycles. The maximum absolute atomic E-state index is 10.6. The number of aromatic hydroxyl groups is 2. The van der Waals surface area contributed by atoms with Crippen LogP contribution in [0.4, 0.5) is 0 Å². The van der Waals surface area contributed by atoms with Crippen molar-refractivity contribution in [1.82, 2.24) is 0 Å². The summed E-state index contributed by atoms with van der Waals surface area (Å²) in [7, 11) is 0. The topological polar surface area (TPSA) is 40.5 Å². The van der Waals surface area contributed by atoms with E-state index in [4.69, 9.17) is 0 Å². The number of hydrogen-bond donors (Lipinski definition) is 2. The van der Waals surface area contributed by atoms with Crippen molar-refractivity contribution in [3.8, 4) is 22.6 Å². The molecule has 0 aliphatic heterocycles. The minimum absolute atomic E-state index is 0.171. The highest BCUT2D eigenvalue weighted by Crippen LogP contribution is 2.45. The van der Waals surface area contributed by atoms with Gasteiger partial charge in [0.05, 0.1) is 0 Å². The molecule has 24 heavy (non-hydrogen) atoms. The molecular weight excluding hydrogens is 432 g/mol. The second-order valence-corrected chi connectivity index (χ2v) is 8.02. The molecule has 0 saturated heterocycles. The van der Waals surface area contributed by atoms with Gasteiger partial charge in [-0.2, -0.15) is 0 Å². The molecule has 1 aliphatic rings. The number of benzene rings is 3. The molecule has 1 atom stereocenters. The highest BCUT2D eigenvalue weighted by Gasteiger charge is 2.22. The first-order valence-corrected chi connectivity index (χ1v) is 9.34. The SMILES string of the molecule is Oc1ccc2c(c1-c1c(O)ccc3ccc(Br)cc13)CC(Br)C=C2. The van der Waals surface area contributed by atoms with E-state index in [9.17, 15) is 10.2 Å². The molecule has 4 rings (SSSR count). The predicted octanol–water partition coefficient (Wildman–Crippen LogP) is 6.01. The van der Waals surface area contributed by atoms with Gasteiger partial charge >= 0.3 is 0 Å². The van der Waals surface area contributed by atoms with Crippen molar-refractivity contribution < 1.29 is 10.2 Å². The largest absolute Gasteiger partial charge is 0.507 e. The van der Waals surface area contributed by atoms with Crippen molar-refractivity contribution in [2.24, 2.45) is 0 Å². The van der Waals surface area contributed by atoms with Crippen LogP contribution in [0.25, 0.3) is 28.0 Å². The molecule has 0 heterocycles. The number of phenols is 2. The van der Waals surface area contributed by atoms with Crippen LogP contribution in [0.5, 0.6) is 11.5 Å². The average molecular weight is 446 g/mol. The summed E-state index contributed by atoms with van der Waals surface area (Å²) in [6.07, 6.45) is 4.92. The molecule has 3 aromatic rings. The van der Waals surface area contributed by atoms with Crippen molar-refractivity contribution >= 4 is 48.7 Å². The van der Waals surface area contributed by atoms with E-state index < -0.39 is 0 Å². The molecule has 1 aliphatic carbocycles. The fraction of sp³-hybridized carbons (Fsp3) is 0.100. The predicted molar refractivity (Wildman–Crippen MR) is 106 cm³/mol. The van der Waals surface area contributed by atoms with Crippen LogP contribution < -0.4 is 0 Å². The molecule has 0 radical (unpaired) electrons. The molecule has 3 aromatic carbocycles. The Kier molecular flexibility index (Phi) is 3.89. The standard InChI is InChI=1S/C20H14Br2O2/c21-13-5-1-11-3-7-17(23)19(15(11)9-13)20-16-10-14(22)6-2-12(16)4-8-18(20)24/h1-9,14,23-24H,10H2. The Balaban J connectivity index is 2.11. The summed E-state index contributed by atoms with van der Waals surface area (Å²) in [6, 6.07) is 13.1. The van der Waals surface area contributed by atoms with E-state index in [1.165, 1.54) is 0 Å². The second kappa shape index (κ2) is 5.94. The first-order valence-electron chi connectivity index (χ1n) is 7.63. The van der Waals surface area contributed by atoms with E-state index in [0.717, 1.165) is 32.8 Å². The van der Waals surface area contributed by atoms with E-state index in [-0.39, 0.29) is 16.3 Å². The minimum Gasteiger partial charge on any atom is -0.507 e. The van der Waals surface area contributed by atoms with E-state index in [1.54, 1.807) is 12.1 Å². The van der Waals surface area contributed by atoms with Gasteiger partial charge < -0.3 is 10.2 Å². The maximum atomic E-state index is 10.6. The number of fused-ring (bicyclic) bond motifs is 2. The van der Waals surface area contributed by atoms with Crippen LogP contribution in [0.15, 0.2) is 53.0 Å². The van der Waals surface area contributed by atoms with Gasteiger partial charge in [0, 0.05) is 20.4 Å². The van der Waals surface area contributed by atoms with Gasteiger partial charge in [0.15, 0.2) is 0 Å². The lowest BCUT2D eigenvalue weighted by molar-refractivity contribution is 0.469. The molecule has 120 valence electrons. The Hall–Kier alpha value is -1.78. The zero-order valence-electron chi connectivity index (χ0n) is 12.6. The molecule has 0 spiro atoms. The van der Waals surface area contributed by atoms with Crippen molar-refractivity contribution in [2.75, 3.05) is 0 Å². The van der Waals surface area contributed by atoms with Crippen LogP contribution in [0, 0.1) is 0 Å². The lowest BCUT2D eigenvalue weighted by Gasteiger charge is -2.21. The summed E-state index contributed by atoms with van der Waals surface area (Å²) in [4.78, 5) is 0.217. The van der Waals surface area contributed by atoms with Crippen LogP contribution in [-0.4, -0.2) is 15.0 Å². The molecule has 0 saturated carbocycles. The van der Waals surface area contributed by atoms with Crippen LogP contribution in [-0.2, 0) is 6.42 Å². The highest BCUT2D eigenvalue weighted by atomic mass is 79.9. The van der Waals surface area contributed by atoms with Gasteiger partial charge in [-0.15, -0.1) is 0 Å². The molecule has 1 unspecified atom stereocenters. The number of allylic oxidation sites excluding steroid dienone is 1. The van der Waals surface area contributed by atoms with E-state index >= 15 is 0 Å². The van der Waals surface area contributed by atoms with Gasteiger partial charge in [-0.25, -0.2) is 0 Å². The fourth-order valence-electron chi connectivity index (χ4n) is 3.32. The first-order chi connectivity index (χ1) is 11.5. The van der Waals surface area contributed by atoms with Crippen LogP contribution in [0.2, 0.25) is 0 Å². The zero-order chi connectivity index (χ0) is 16.8. The summed E-state index contributed by atoms with van der Waals surface area (Å²) in [6.45, 7) is 0.